The van der Waals surface area contributed by atoms with Crippen molar-refractivity contribution in [3.8, 4) is 5.69 Å². The van der Waals surface area contributed by atoms with E-state index in [2.05, 4.69) is 15.7 Å². The zero-order valence-corrected chi connectivity index (χ0v) is 15.1. The van der Waals surface area contributed by atoms with Gasteiger partial charge in [-0.25, -0.2) is 17.9 Å². The SMILES string of the molecule is CS(=O)(=O)N1CCO[C@H](CNC(=O)Nc2ccnn2-c2ccccc2)C1. The maximum atomic E-state index is 12.2. The van der Waals surface area contributed by atoms with Gasteiger partial charge >= 0.3 is 6.03 Å². The first-order chi connectivity index (χ1) is 12.4. The van der Waals surface area contributed by atoms with Gasteiger partial charge in [-0.15, -0.1) is 0 Å². The fraction of sp³-hybridized carbons (Fsp3) is 0.375. The number of sulfonamides is 1. The molecule has 2 heterocycles. The highest BCUT2D eigenvalue weighted by atomic mass is 32.2. The number of hydrogen-bond acceptors (Lipinski definition) is 5. The summed E-state index contributed by atoms with van der Waals surface area (Å²) in [5.41, 5.74) is 0.826. The van der Waals surface area contributed by atoms with Crippen LogP contribution in [0, 0.1) is 0 Å². The number of nitrogens with one attached hydrogen (secondary N) is 2. The van der Waals surface area contributed by atoms with Crippen molar-refractivity contribution in [2.45, 2.75) is 6.10 Å². The molecule has 1 fully saturated rings. The summed E-state index contributed by atoms with van der Waals surface area (Å²) in [5, 5.41) is 9.64. The predicted octanol–water partition coefficient (Wildman–Crippen LogP) is 0.654. The van der Waals surface area contributed by atoms with Crippen LogP contribution in [0.3, 0.4) is 0 Å². The van der Waals surface area contributed by atoms with Crippen LogP contribution in [-0.2, 0) is 14.8 Å². The van der Waals surface area contributed by atoms with Crippen molar-refractivity contribution in [2.75, 3.05) is 37.8 Å². The topological polar surface area (TPSA) is 106 Å². The average molecular weight is 379 g/mol. The second kappa shape index (κ2) is 7.85. The second-order valence-corrected chi connectivity index (χ2v) is 7.90. The molecule has 2 N–H and O–H groups in total. The molecule has 1 aliphatic heterocycles. The van der Waals surface area contributed by atoms with Crippen LogP contribution in [0.15, 0.2) is 42.6 Å². The lowest BCUT2D eigenvalue weighted by Gasteiger charge is -2.31. The Morgan fingerprint density at radius 3 is 2.81 bits per heavy atom. The Balaban J connectivity index is 1.55. The maximum Gasteiger partial charge on any atom is 0.320 e. The monoisotopic (exact) mass is 379 g/mol. The average Bonchev–Trinajstić information content (AvgIpc) is 3.08. The van der Waals surface area contributed by atoms with E-state index in [-0.39, 0.29) is 19.2 Å². The van der Waals surface area contributed by atoms with Crippen molar-refractivity contribution < 1.29 is 17.9 Å². The molecule has 3 rings (SSSR count). The van der Waals surface area contributed by atoms with Gasteiger partial charge in [0.25, 0.3) is 0 Å². The molecule has 0 aliphatic carbocycles. The van der Waals surface area contributed by atoms with Crippen molar-refractivity contribution in [3.05, 3.63) is 42.6 Å². The van der Waals surface area contributed by atoms with Crippen molar-refractivity contribution in [3.63, 3.8) is 0 Å². The van der Waals surface area contributed by atoms with Crippen LogP contribution in [0.2, 0.25) is 0 Å². The third-order valence-electron chi connectivity index (χ3n) is 3.95. The molecule has 0 spiro atoms. The van der Waals surface area contributed by atoms with Crippen molar-refractivity contribution in [1.29, 1.82) is 0 Å². The molecule has 2 aromatic rings. The Hall–Kier alpha value is -2.43. The smallest absolute Gasteiger partial charge is 0.320 e. The van der Waals surface area contributed by atoms with E-state index < -0.39 is 16.1 Å². The molecule has 0 unspecified atom stereocenters. The number of urea groups is 1. The van der Waals surface area contributed by atoms with E-state index in [1.807, 2.05) is 30.3 Å². The van der Waals surface area contributed by atoms with E-state index in [0.29, 0.717) is 19.0 Å². The first kappa shape index (κ1) is 18.4. The van der Waals surface area contributed by atoms with E-state index >= 15 is 0 Å². The number of aromatic nitrogens is 2. The van der Waals surface area contributed by atoms with Crippen LogP contribution in [-0.4, -0.2) is 67.1 Å². The number of amides is 2. The predicted molar refractivity (Wildman–Crippen MR) is 96.7 cm³/mol. The number of nitrogens with zero attached hydrogens (tertiary/aromatic N) is 3. The molecule has 0 bridgehead atoms. The lowest BCUT2D eigenvalue weighted by molar-refractivity contribution is 0.00167. The summed E-state index contributed by atoms with van der Waals surface area (Å²) < 4.78 is 31.7. The van der Waals surface area contributed by atoms with Crippen LogP contribution >= 0.6 is 0 Å². The number of carbonyl (C=O) groups is 1. The highest BCUT2D eigenvalue weighted by Gasteiger charge is 2.26. The highest BCUT2D eigenvalue weighted by Crippen LogP contribution is 2.14. The number of anilines is 1. The lowest BCUT2D eigenvalue weighted by atomic mass is 10.3. The minimum absolute atomic E-state index is 0.206. The minimum Gasteiger partial charge on any atom is -0.374 e. The van der Waals surface area contributed by atoms with Crippen molar-refractivity contribution in [1.82, 2.24) is 19.4 Å². The summed E-state index contributed by atoms with van der Waals surface area (Å²) in [4.78, 5) is 12.2. The van der Waals surface area contributed by atoms with E-state index in [1.54, 1.807) is 16.9 Å². The summed E-state index contributed by atoms with van der Waals surface area (Å²) in [6, 6.07) is 10.7. The molecule has 10 heteroatoms. The number of carbonyl (C=O) groups excluding carboxylic acids is 1. The Labute approximate surface area is 152 Å². The number of ether oxygens (including phenoxy) is 1. The molecule has 26 heavy (non-hydrogen) atoms. The van der Waals surface area contributed by atoms with Crippen molar-refractivity contribution >= 4 is 21.9 Å². The van der Waals surface area contributed by atoms with Gasteiger partial charge in [0.15, 0.2) is 0 Å². The molecule has 1 aliphatic rings. The Morgan fingerprint density at radius 2 is 2.08 bits per heavy atom. The van der Waals surface area contributed by atoms with Crippen LogP contribution in [0.25, 0.3) is 5.69 Å². The number of rotatable bonds is 5. The standard InChI is InChI=1S/C16H21N5O4S/c1-26(23,24)20-9-10-25-14(12-20)11-17-16(22)19-15-7-8-18-21(15)13-5-3-2-4-6-13/h2-8,14H,9-12H2,1H3,(H2,17,19,22)/t14-/m1/s1. The summed E-state index contributed by atoms with van der Waals surface area (Å²) in [7, 11) is -3.26. The molecule has 1 saturated heterocycles. The highest BCUT2D eigenvalue weighted by molar-refractivity contribution is 7.88. The summed E-state index contributed by atoms with van der Waals surface area (Å²) >= 11 is 0. The molecule has 9 nitrogen and oxygen atoms in total. The molecule has 1 aromatic heterocycles. The quantitative estimate of drug-likeness (QED) is 0.794. The van der Waals surface area contributed by atoms with Crippen LogP contribution in [0.4, 0.5) is 10.6 Å². The van der Waals surface area contributed by atoms with Gasteiger partial charge in [-0.3, -0.25) is 5.32 Å². The van der Waals surface area contributed by atoms with Gasteiger partial charge in [0.1, 0.15) is 5.82 Å². The Kier molecular flexibility index (Phi) is 5.55. The Morgan fingerprint density at radius 1 is 1.31 bits per heavy atom. The van der Waals surface area contributed by atoms with Crippen LogP contribution in [0.1, 0.15) is 0 Å². The third-order valence-corrected chi connectivity index (χ3v) is 5.22. The van der Waals surface area contributed by atoms with Gasteiger partial charge < -0.3 is 10.1 Å². The summed E-state index contributed by atoms with van der Waals surface area (Å²) in [5.74, 6) is 0.524. The number of morpholine rings is 1. The largest absolute Gasteiger partial charge is 0.374 e. The number of benzene rings is 1. The first-order valence-electron chi connectivity index (χ1n) is 8.14. The van der Waals surface area contributed by atoms with Gasteiger partial charge in [0.2, 0.25) is 10.0 Å². The van der Waals surface area contributed by atoms with Crippen molar-refractivity contribution in [2.24, 2.45) is 0 Å². The van der Waals surface area contributed by atoms with E-state index in [1.165, 1.54) is 10.6 Å². The maximum absolute atomic E-state index is 12.2. The fourth-order valence-corrected chi connectivity index (χ4v) is 3.50. The minimum atomic E-state index is -3.26. The van der Waals surface area contributed by atoms with Gasteiger partial charge in [0.05, 0.1) is 30.9 Å². The number of hydrogen-bond donors (Lipinski definition) is 2. The zero-order chi connectivity index (χ0) is 18.6. The normalized spacial score (nSPS) is 18.4. The van der Waals surface area contributed by atoms with E-state index in [4.69, 9.17) is 4.74 Å². The molecule has 1 aromatic carbocycles. The van der Waals surface area contributed by atoms with Gasteiger partial charge in [-0.1, -0.05) is 18.2 Å². The fourth-order valence-electron chi connectivity index (χ4n) is 2.66. The Bertz CT molecular complexity index is 853. The molecule has 1 atom stereocenters. The molecule has 2 amide bonds. The summed E-state index contributed by atoms with van der Waals surface area (Å²) in [6.07, 6.45) is 2.38. The van der Waals surface area contributed by atoms with Crippen LogP contribution in [0.5, 0.6) is 0 Å². The third kappa shape index (κ3) is 4.59. The number of para-hydroxylation sites is 1. The van der Waals surface area contributed by atoms with E-state index in [0.717, 1.165) is 5.69 Å². The van der Waals surface area contributed by atoms with Gasteiger partial charge in [-0.05, 0) is 12.1 Å². The van der Waals surface area contributed by atoms with Gasteiger partial charge in [-0.2, -0.15) is 9.40 Å². The molecular formula is C16H21N5O4S. The molecule has 0 saturated carbocycles. The second-order valence-electron chi connectivity index (χ2n) is 5.91. The zero-order valence-electron chi connectivity index (χ0n) is 14.3. The summed E-state index contributed by atoms with van der Waals surface area (Å²) in [6.45, 7) is 1.07. The molecule has 140 valence electrons. The van der Waals surface area contributed by atoms with E-state index in [9.17, 15) is 13.2 Å². The van der Waals surface area contributed by atoms with Crippen LogP contribution < -0.4 is 10.6 Å². The first-order valence-corrected chi connectivity index (χ1v) is 9.99. The molecule has 0 radical (unpaired) electrons. The molecular weight excluding hydrogens is 358 g/mol. The van der Waals surface area contributed by atoms with Gasteiger partial charge in [0, 0.05) is 25.7 Å². The lowest BCUT2D eigenvalue weighted by Crippen LogP contribution is -2.49.